The van der Waals surface area contributed by atoms with Crippen molar-refractivity contribution in [3.63, 3.8) is 0 Å². The van der Waals surface area contributed by atoms with Gasteiger partial charge in [-0.05, 0) is 19.1 Å². The molecule has 6 heteroatoms. The molecule has 1 N–H and O–H groups in total. The summed E-state index contributed by atoms with van der Waals surface area (Å²) in [4.78, 5) is 19.0. The molecule has 0 spiro atoms. The summed E-state index contributed by atoms with van der Waals surface area (Å²) in [6.07, 6.45) is 1.85. The van der Waals surface area contributed by atoms with Gasteiger partial charge in [-0.15, -0.1) is 0 Å². The van der Waals surface area contributed by atoms with Crippen molar-refractivity contribution in [2.45, 2.75) is 6.92 Å². The molecule has 0 radical (unpaired) electrons. The second kappa shape index (κ2) is 5.13. The molecule has 6 nitrogen and oxygen atoms in total. The lowest BCUT2D eigenvalue weighted by atomic mass is 10.2. The Labute approximate surface area is 117 Å². The molecule has 20 heavy (non-hydrogen) atoms. The molecule has 1 amide bonds. The Kier molecular flexibility index (Phi) is 3.31. The number of nitrogens with zero attached hydrogens (tertiary/aromatic N) is 3. The number of rotatable bonds is 2. The van der Waals surface area contributed by atoms with E-state index >= 15 is 0 Å². The van der Waals surface area contributed by atoms with Crippen molar-refractivity contribution in [2.24, 2.45) is 0 Å². The SMILES string of the molecule is COc1cccn2c(C(=O)N3CCNCC3)c(C)nc12. The molecule has 1 aliphatic heterocycles. The Morgan fingerprint density at radius 1 is 1.40 bits per heavy atom. The van der Waals surface area contributed by atoms with E-state index in [-0.39, 0.29) is 5.91 Å². The lowest BCUT2D eigenvalue weighted by Crippen LogP contribution is -2.46. The van der Waals surface area contributed by atoms with E-state index < -0.39 is 0 Å². The smallest absolute Gasteiger partial charge is 0.272 e. The van der Waals surface area contributed by atoms with E-state index in [1.54, 1.807) is 7.11 Å². The van der Waals surface area contributed by atoms with Gasteiger partial charge in [0.05, 0.1) is 12.8 Å². The molecule has 0 aromatic carbocycles. The number of methoxy groups -OCH3 is 1. The fraction of sp³-hybridized carbons (Fsp3) is 0.429. The minimum absolute atomic E-state index is 0.0322. The number of hydrogen-bond donors (Lipinski definition) is 1. The molecular formula is C14H18N4O2. The van der Waals surface area contributed by atoms with Gasteiger partial charge in [-0.3, -0.25) is 9.20 Å². The Balaban J connectivity index is 2.06. The van der Waals surface area contributed by atoms with Crippen molar-refractivity contribution in [3.8, 4) is 5.75 Å². The molecule has 0 bridgehead atoms. The number of aryl methyl sites for hydroxylation is 1. The second-order valence-corrected chi connectivity index (χ2v) is 4.86. The molecule has 2 aromatic heterocycles. The van der Waals surface area contributed by atoms with Gasteiger partial charge in [0.25, 0.3) is 5.91 Å². The summed E-state index contributed by atoms with van der Waals surface area (Å²) in [7, 11) is 1.61. The summed E-state index contributed by atoms with van der Waals surface area (Å²) in [6.45, 7) is 5.00. The first-order valence-corrected chi connectivity index (χ1v) is 6.74. The predicted molar refractivity (Wildman–Crippen MR) is 75.3 cm³/mol. The van der Waals surface area contributed by atoms with E-state index in [2.05, 4.69) is 10.3 Å². The fourth-order valence-corrected chi connectivity index (χ4v) is 2.59. The number of piperazine rings is 1. The van der Waals surface area contributed by atoms with Gasteiger partial charge in [0.2, 0.25) is 0 Å². The van der Waals surface area contributed by atoms with Crippen LogP contribution in [0.2, 0.25) is 0 Å². The number of fused-ring (bicyclic) bond motifs is 1. The molecule has 1 fully saturated rings. The number of carbonyl (C=O) groups excluding carboxylic acids is 1. The molecular weight excluding hydrogens is 256 g/mol. The quantitative estimate of drug-likeness (QED) is 0.875. The maximum absolute atomic E-state index is 12.7. The fourth-order valence-electron chi connectivity index (χ4n) is 2.59. The summed E-state index contributed by atoms with van der Waals surface area (Å²) >= 11 is 0. The largest absolute Gasteiger partial charge is 0.493 e. The van der Waals surface area contributed by atoms with Crippen LogP contribution in [0.4, 0.5) is 0 Å². The van der Waals surface area contributed by atoms with Crippen LogP contribution in [0.3, 0.4) is 0 Å². The van der Waals surface area contributed by atoms with Gasteiger partial charge in [0.15, 0.2) is 11.4 Å². The van der Waals surface area contributed by atoms with Crippen LogP contribution in [-0.2, 0) is 0 Å². The van der Waals surface area contributed by atoms with Crippen molar-refractivity contribution < 1.29 is 9.53 Å². The van der Waals surface area contributed by atoms with Crippen molar-refractivity contribution in [1.29, 1.82) is 0 Å². The zero-order valence-electron chi connectivity index (χ0n) is 11.7. The molecule has 0 unspecified atom stereocenters. The Morgan fingerprint density at radius 3 is 2.85 bits per heavy atom. The second-order valence-electron chi connectivity index (χ2n) is 4.86. The lowest BCUT2D eigenvalue weighted by molar-refractivity contribution is 0.0728. The highest BCUT2D eigenvalue weighted by atomic mass is 16.5. The highest BCUT2D eigenvalue weighted by molar-refractivity contribution is 5.95. The molecule has 3 heterocycles. The first kappa shape index (κ1) is 12.9. The van der Waals surface area contributed by atoms with Crippen LogP contribution in [-0.4, -0.2) is 53.5 Å². The van der Waals surface area contributed by atoms with Crippen LogP contribution in [0.1, 0.15) is 16.2 Å². The predicted octanol–water partition coefficient (Wildman–Crippen LogP) is 0.697. The van der Waals surface area contributed by atoms with Crippen LogP contribution in [0.15, 0.2) is 18.3 Å². The molecule has 1 saturated heterocycles. The van der Waals surface area contributed by atoms with E-state index in [0.29, 0.717) is 17.1 Å². The summed E-state index contributed by atoms with van der Waals surface area (Å²) < 4.78 is 7.12. The zero-order valence-corrected chi connectivity index (χ0v) is 11.7. The number of ether oxygens (including phenoxy) is 1. The lowest BCUT2D eigenvalue weighted by Gasteiger charge is -2.27. The number of aromatic nitrogens is 2. The third-order valence-corrected chi connectivity index (χ3v) is 3.62. The van der Waals surface area contributed by atoms with Crippen LogP contribution >= 0.6 is 0 Å². The summed E-state index contributed by atoms with van der Waals surface area (Å²) in [5.41, 5.74) is 2.05. The van der Waals surface area contributed by atoms with Gasteiger partial charge < -0.3 is 15.0 Å². The monoisotopic (exact) mass is 274 g/mol. The summed E-state index contributed by atoms with van der Waals surface area (Å²) in [6, 6.07) is 3.71. The van der Waals surface area contributed by atoms with Crippen molar-refractivity contribution >= 4 is 11.6 Å². The van der Waals surface area contributed by atoms with E-state index in [1.165, 1.54) is 0 Å². The highest BCUT2D eigenvalue weighted by Gasteiger charge is 2.24. The van der Waals surface area contributed by atoms with E-state index in [4.69, 9.17) is 4.74 Å². The van der Waals surface area contributed by atoms with Gasteiger partial charge in [-0.1, -0.05) is 0 Å². The van der Waals surface area contributed by atoms with Crippen LogP contribution < -0.4 is 10.1 Å². The molecule has 2 aromatic rings. The topological polar surface area (TPSA) is 58.9 Å². The number of nitrogens with one attached hydrogen (secondary N) is 1. The average molecular weight is 274 g/mol. The summed E-state index contributed by atoms with van der Waals surface area (Å²) in [5, 5.41) is 3.25. The van der Waals surface area contributed by atoms with Crippen LogP contribution in [0, 0.1) is 6.92 Å². The van der Waals surface area contributed by atoms with E-state index in [1.807, 2.05) is 34.6 Å². The average Bonchev–Trinajstić information content (AvgIpc) is 2.83. The first-order valence-electron chi connectivity index (χ1n) is 6.74. The molecule has 106 valence electrons. The molecule has 3 rings (SSSR count). The van der Waals surface area contributed by atoms with Crippen molar-refractivity contribution in [1.82, 2.24) is 19.6 Å². The van der Waals surface area contributed by atoms with Gasteiger partial charge in [0, 0.05) is 32.4 Å². The Bertz CT molecular complexity index is 644. The Hall–Kier alpha value is -2.08. The number of pyridine rings is 1. The van der Waals surface area contributed by atoms with Crippen molar-refractivity contribution in [2.75, 3.05) is 33.3 Å². The third-order valence-electron chi connectivity index (χ3n) is 3.62. The maximum Gasteiger partial charge on any atom is 0.272 e. The third kappa shape index (κ3) is 2.02. The number of carbonyl (C=O) groups is 1. The first-order chi connectivity index (χ1) is 9.72. The number of imidazole rings is 1. The molecule has 0 atom stereocenters. The maximum atomic E-state index is 12.7. The van der Waals surface area contributed by atoms with Crippen molar-refractivity contribution in [3.05, 3.63) is 29.7 Å². The van der Waals surface area contributed by atoms with E-state index in [9.17, 15) is 4.79 Å². The highest BCUT2D eigenvalue weighted by Crippen LogP contribution is 2.22. The van der Waals surface area contributed by atoms with Crippen LogP contribution in [0.5, 0.6) is 5.75 Å². The number of hydrogen-bond acceptors (Lipinski definition) is 4. The van der Waals surface area contributed by atoms with Gasteiger partial charge >= 0.3 is 0 Å². The standard InChI is InChI=1S/C14H18N4O2/c1-10-12(14(19)17-8-5-15-6-9-17)18-7-3-4-11(20-2)13(18)16-10/h3-4,7,15H,5-6,8-9H2,1-2H3. The van der Waals surface area contributed by atoms with E-state index in [0.717, 1.165) is 31.9 Å². The minimum Gasteiger partial charge on any atom is -0.493 e. The molecule has 1 aliphatic rings. The summed E-state index contributed by atoms with van der Waals surface area (Å²) in [5.74, 6) is 0.708. The number of amides is 1. The Morgan fingerprint density at radius 2 is 2.15 bits per heavy atom. The molecule has 0 saturated carbocycles. The zero-order chi connectivity index (χ0) is 14.1. The van der Waals surface area contributed by atoms with Gasteiger partial charge in [-0.2, -0.15) is 0 Å². The minimum atomic E-state index is 0.0322. The van der Waals surface area contributed by atoms with Crippen LogP contribution in [0.25, 0.3) is 5.65 Å². The van der Waals surface area contributed by atoms with Gasteiger partial charge in [0.1, 0.15) is 5.69 Å². The normalized spacial score (nSPS) is 15.6. The van der Waals surface area contributed by atoms with Gasteiger partial charge in [-0.25, -0.2) is 4.98 Å². The molecule has 0 aliphatic carbocycles.